The molecule has 13 nitrogen and oxygen atoms in total. The van der Waals surface area contributed by atoms with E-state index in [2.05, 4.69) is 20.2 Å². The maximum Gasteiger partial charge on any atom is 0.416 e. The topological polar surface area (TPSA) is 181 Å². The summed E-state index contributed by atoms with van der Waals surface area (Å²) in [5, 5.41) is 15.8. The van der Waals surface area contributed by atoms with E-state index in [-0.39, 0.29) is 51.8 Å². The lowest BCUT2D eigenvalue weighted by Gasteiger charge is -2.21. The van der Waals surface area contributed by atoms with Crippen LogP contribution in [0.1, 0.15) is 40.4 Å². The zero-order valence-electron chi connectivity index (χ0n) is 27.7. The lowest BCUT2D eigenvalue weighted by molar-refractivity contribution is -0.139. The number of alkyl halides is 3. The fourth-order valence-corrected chi connectivity index (χ4v) is 6.17. The van der Waals surface area contributed by atoms with E-state index in [9.17, 15) is 41.1 Å². The van der Waals surface area contributed by atoms with Gasteiger partial charge in [0, 0.05) is 23.4 Å². The van der Waals surface area contributed by atoms with Crippen LogP contribution in [0.25, 0.3) is 11.4 Å². The number of sulfonamides is 1. The summed E-state index contributed by atoms with van der Waals surface area (Å²) in [6.07, 6.45) is 0.182. The van der Waals surface area contributed by atoms with Crippen LogP contribution in [0.2, 0.25) is 0 Å². The van der Waals surface area contributed by atoms with Gasteiger partial charge in [0.15, 0.2) is 0 Å². The Kier molecular flexibility index (Phi) is 11.1. The van der Waals surface area contributed by atoms with Crippen LogP contribution in [-0.2, 0) is 38.8 Å². The maximum atomic E-state index is 13.5. The van der Waals surface area contributed by atoms with Gasteiger partial charge in [0.25, 0.3) is 15.9 Å². The molecule has 0 bridgehead atoms. The first kappa shape index (κ1) is 37.3. The minimum Gasteiger partial charge on any atom is -0.497 e. The average Bonchev–Trinajstić information content (AvgIpc) is 3.55. The number of methoxy groups -OCH3 is 1. The molecule has 0 saturated carbocycles. The number of hydrogen-bond donors (Lipinski definition) is 3. The highest BCUT2D eigenvalue weighted by atomic mass is 32.2. The number of rotatable bonds is 13. The zero-order chi connectivity index (χ0) is 37.6. The Labute approximate surface area is 295 Å². The van der Waals surface area contributed by atoms with Crippen LogP contribution in [0.4, 0.5) is 24.9 Å². The molecular formula is C35H32F3N5O8S. The van der Waals surface area contributed by atoms with Crippen molar-refractivity contribution in [3.05, 3.63) is 112 Å². The van der Waals surface area contributed by atoms with E-state index in [1.807, 2.05) is 6.92 Å². The van der Waals surface area contributed by atoms with Gasteiger partial charge in [-0.1, -0.05) is 54.6 Å². The first-order chi connectivity index (χ1) is 24.6. The van der Waals surface area contributed by atoms with Crippen LogP contribution >= 0.6 is 0 Å². The number of hydrogen-bond acceptors (Lipinski definition) is 9. The van der Waals surface area contributed by atoms with Crippen molar-refractivity contribution >= 4 is 39.5 Å². The molecule has 1 aliphatic carbocycles. The number of aromatic nitrogens is 2. The van der Waals surface area contributed by atoms with Gasteiger partial charge in [-0.2, -0.15) is 18.2 Å². The minimum atomic E-state index is -4.71. The Bertz CT molecular complexity index is 2130. The van der Waals surface area contributed by atoms with Gasteiger partial charge in [-0.25, -0.2) is 13.1 Å². The largest absolute Gasteiger partial charge is 0.497 e. The second kappa shape index (κ2) is 15.5. The first-order valence-electron chi connectivity index (χ1n) is 15.6. The van der Waals surface area contributed by atoms with Gasteiger partial charge in [0.2, 0.25) is 11.7 Å². The number of amides is 2. The standard InChI is InChI=1S/C35H32F3N5O8S/c1-21-3-15-28(16-4-21)52(48,49)42-34-40-32(41-51-34)23-7-5-22(6-8-23)19-43(20-31(45)46)33(47)24-9-12-26(13-10-24)39-30(44)17-25-11-14-27(50-2)18-29(25)35(36,37)38/h3,5-16,18,21H,4,17,19-20H2,1-2H3,(H,39,44)(H,45,46)(H,40,41,42). The monoisotopic (exact) mass is 739 g/mol. The van der Waals surface area contributed by atoms with Crippen molar-refractivity contribution < 1.29 is 50.3 Å². The summed E-state index contributed by atoms with van der Waals surface area (Å²) in [7, 11) is -2.70. The second-order valence-corrected chi connectivity index (χ2v) is 13.5. The quantitative estimate of drug-likeness (QED) is 0.150. The number of carbonyl (C=O) groups excluding carboxylic acids is 2. The number of benzene rings is 3. The van der Waals surface area contributed by atoms with E-state index < -0.39 is 52.5 Å². The number of carbonyl (C=O) groups is 3. The summed E-state index contributed by atoms with van der Waals surface area (Å²) in [5.41, 5.74) is 0.0637. The Hall–Kier alpha value is -5.97. The number of nitrogens with zero attached hydrogens (tertiary/aromatic N) is 3. The molecule has 3 N–H and O–H groups in total. The molecular weight excluding hydrogens is 707 g/mol. The van der Waals surface area contributed by atoms with E-state index in [1.54, 1.807) is 36.4 Å². The summed E-state index contributed by atoms with van der Waals surface area (Å²) in [6, 6.07) is 14.8. The molecule has 3 aromatic carbocycles. The number of allylic oxidation sites excluding steroid dienone is 3. The summed E-state index contributed by atoms with van der Waals surface area (Å²) < 4.78 is 78.2. The number of anilines is 2. The summed E-state index contributed by atoms with van der Waals surface area (Å²) in [5.74, 6) is -2.32. The van der Waals surface area contributed by atoms with Gasteiger partial charge in [0.05, 0.1) is 24.0 Å². The fraction of sp³-hybridized carbons (Fsp3) is 0.229. The SMILES string of the molecule is COc1ccc(CC(=O)Nc2ccc(C(=O)N(CC(=O)O)Cc3ccc(-c4noc(NS(=O)(=O)C5=CCC(C)C=C5)n4)cc3)cc2)c(C(F)(F)F)c1. The highest BCUT2D eigenvalue weighted by Crippen LogP contribution is 2.35. The van der Waals surface area contributed by atoms with Crippen molar-refractivity contribution in [1.82, 2.24) is 15.0 Å². The highest BCUT2D eigenvalue weighted by molar-refractivity contribution is 7.96. The molecule has 0 spiro atoms. The molecule has 1 heterocycles. The van der Waals surface area contributed by atoms with Crippen LogP contribution in [0.15, 0.2) is 94.4 Å². The molecule has 1 atom stereocenters. The predicted molar refractivity (Wildman–Crippen MR) is 182 cm³/mol. The molecule has 5 rings (SSSR count). The van der Waals surface area contributed by atoms with Crippen molar-refractivity contribution in [2.24, 2.45) is 5.92 Å². The molecule has 0 saturated heterocycles. The Balaban J connectivity index is 1.22. The van der Waals surface area contributed by atoms with E-state index in [1.165, 1.54) is 43.5 Å². The smallest absolute Gasteiger partial charge is 0.416 e. The molecule has 2 amide bonds. The van der Waals surface area contributed by atoms with E-state index >= 15 is 0 Å². The third-order valence-electron chi connectivity index (χ3n) is 7.83. The maximum absolute atomic E-state index is 13.5. The molecule has 0 radical (unpaired) electrons. The molecule has 17 heteroatoms. The first-order valence-corrected chi connectivity index (χ1v) is 17.1. The van der Waals surface area contributed by atoms with Crippen LogP contribution in [0.3, 0.4) is 0 Å². The van der Waals surface area contributed by atoms with Gasteiger partial charge in [0.1, 0.15) is 12.3 Å². The molecule has 52 heavy (non-hydrogen) atoms. The Morgan fingerprint density at radius 2 is 1.77 bits per heavy atom. The van der Waals surface area contributed by atoms with Crippen molar-refractivity contribution in [1.29, 1.82) is 0 Å². The number of carboxylic acid groups (broad SMARTS) is 1. The molecule has 1 aliphatic rings. The number of halogens is 3. The lowest BCUT2D eigenvalue weighted by atomic mass is 10.0. The van der Waals surface area contributed by atoms with Crippen molar-refractivity contribution in [2.75, 3.05) is 23.7 Å². The van der Waals surface area contributed by atoms with Gasteiger partial charge in [-0.15, -0.1) is 0 Å². The molecule has 272 valence electrons. The van der Waals surface area contributed by atoms with Crippen LogP contribution in [0, 0.1) is 5.92 Å². The van der Waals surface area contributed by atoms with Crippen LogP contribution < -0.4 is 14.8 Å². The fourth-order valence-electron chi connectivity index (χ4n) is 5.16. The van der Waals surface area contributed by atoms with Crippen molar-refractivity contribution in [3.63, 3.8) is 0 Å². The second-order valence-electron chi connectivity index (χ2n) is 11.8. The van der Waals surface area contributed by atoms with Gasteiger partial charge < -0.3 is 24.6 Å². The lowest BCUT2D eigenvalue weighted by Crippen LogP contribution is -2.35. The summed E-state index contributed by atoms with van der Waals surface area (Å²) >= 11 is 0. The van der Waals surface area contributed by atoms with Crippen molar-refractivity contribution in [3.8, 4) is 17.1 Å². The third kappa shape index (κ3) is 9.42. The van der Waals surface area contributed by atoms with E-state index in [4.69, 9.17) is 9.26 Å². The molecule has 1 aromatic heterocycles. The third-order valence-corrected chi connectivity index (χ3v) is 9.19. The van der Waals surface area contributed by atoms with E-state index in [0.29, 0.717) is 17.5 Å². The minimum absolute atomic E-state index is 0.00588. The number of nitrogens with one attached hydrogen (secondary N) is 2. The van der Waals surface area contributed by atoms with Crippen LogP contribution in [-0.4, -0.2) is 60.0 Å². The van der Waals surface area contributed by atoms with E-state index in [0.717, 1.165) is 17.0 Å². The summed E-state index contributed by atoms with van der Waals surface area (Å²) in [6.45, 7) is 1.22. The number of ether oxygens (including phenoxy) is 1. The van der Waals surface area contributed by atoms with Gasteiger partial charge in [-0.3, -0.25) is 14.4 Å². The Morgan fingerprint density at radius 1 is 1.06 bits per heavy atom. The normalized spacial score (nSPS) is 14.3. The number of carboxylic acids is 1. The Morgan fingerprint density at radius 3 is 2.38 bits per heavy atom. The molecule has 4 aromatic rings. The highest BCUT2D eigenvalue weighted by Gasteiger charge is 2.34. The predicted octanol–water partition coefficient (Wildman–Crippen LogP) is 5.89. The molecule has 1 unspecified atom stereocenters. The number of aliphatic carboxylic acids is 1. The molecule has 0 aliphatic heterocycles. The van der Waals surface area contributed by atoms with Gasteiger partial charge >= 0.3 is 18.2 Å². The zero-order valence-corrected chi connectivity index (χ0v) is 28.5. The molecule has 0 fully saturated rings. The van der Waals surface area contributed by atoms with Crippen LogP contribution in [0.5, 0.6) is 5.75 Å². The van der Waals surface area contributed by atoms with Gasteiger partial charge in [-0.05, 0) is 65.9 Å². The average molecular weight is 740 g/mol. The summed E-state index contributed by atoms with van der Waals surface area (Å²) in [4.78, 5) is 42.9. The van der Waals surface area contributed by atoms with Crippen molar-refractivity contribution in [2.45, 2.75) is 32.5 Å².